The molecule has 35 heavy (non-hydrogen) atoms. The van der Waals surface area contributed by atoms with Gasteiger partial charge in [-0.15, -0.1) is 0 Å². The van der Waals surface area contributed by atoms with E-state index in [2.05, 4.69) is 15.3 Å². The van der Waals surface area contributed by atoms with Crippen LogP contribution in [0, 0.1) is 6.92 Å². The van der Waals surface area contributed by atoms with Gasteiger partial charge in [0.1, 0.15) is 0 Å². The number of hydrogen-bond acceptors (Lipinski definition) is 4. The average Bonchev–Trinajstić information content (AvgIpc) is 3.24. The molecule has 2 heterocycles. The Morgan fingerprint density at radius 2 is 1.71 bits per heavy atom. The number of hydrogen-bond donors (Lipinski definition) is 1. The van der Waals surface area contributed by atoms with Crippen LogP contribution in [-0.2, 0) is 12.7 Å². The van der Waals surface area contributed by atoms with E-state index in [1.54, 1.807) is 31.2 Å². The van der Waals surface area contributed by atoms with Crippen LogP contribution in [0.3, 0.4) is 0 Å². The molecule has 2 aromatic carbocycles. The minimum Gasteiger partial charge on any atom is -0.348 e. The summed E-state index contributed by atoms with van der Waals surface area (Å²) >= 11 is 0. The molecule has 0 spiro atoms. The summed E-state index contributed by atoms with van der Waals surface area (Å²) < 4.78 is 40.4. The molecule has 3 aromatic rings. The molecule has 2 amide bonds. The zero-order valence-corrected chi connectivity index (χ0v) is 19.5. The van der Waals surface area contributed by atoms with Crippen LogP contribution in [0.1, 0.15) is 37.5 Å². The second kappa shape index (κ2) is 9.91. The Balaban J connectivity index is 1.39. The number of alkyl halides is 3. The van der Waals surface area contributed by atoms with Crippen molar-refractivity contribution in [1.29, 1.82) is 0 Å². The Bertz CT molecular complexity index is 1210. The van der Waals surface area contributed by atoms with E-state index in [-0.39, 0.29) is 23.7 Å². The van der Waals surface area contributed by atoms with E-state index >= 15 is 0 Å². The Hall–Kier alpha value is -3.66. The first-order valence-corrected chi connectivity index (χ1v) is 11.2. The molecule has 0 aliphatic carbocycles. The van der Waals surface area contributed by atoms with Gasteiger partial charge < -0.3 is 15.1 Å². The van der Waals surface area contributed by atoms with Crippen LogP contribution in [-0.4, -0.2) is 64.6 Å². The Morgan fingerprint density at radius 1 is 1.03 bits per heavy atom. The number of piperazine rings is 1. The van der Waals surface area contributed by atoms with Gasteiger partial charge in [0.05, 0.1) is 28.7 Å². The molecule has 7 nitrogen and oxygen atoms in total. The molecule has 184 valence electrons. The number of carbonyl (C=O) groups excluding carboxylic acids is 2. The van der Waals surface area contributed by atoms with Gasteiger partial charge in [-0.1, -0.05) is 18.2 Å². The summed E-state index contributed by atoms with van der Waals surface area (Å²) in [5, 5.41) is 6.91. The van der Waals surface area contributed by atoms with Gasteiger partial charge in [0.15, 0.2) is 0 Å². The summed E-state index contributed by atoms with van der Waals surface area (Å²) in [6.07, 6.45) is -3.13. The Kier molecular flexibility index (Phi) is 6.93. The summed E-state index contributed by atoms with van der Waals surface area (Å²) in [7, 11) is 2.03. The van der Waals surface area contributed by atoms with Crippen molar-refractivity contribution in [1.82, 2.24) is 24.9 Å². The highest BCUT2D eigenvalue weighted by Gasteiger charge is 2.30. The van der Waals surface area contributed by atoms with Gasteiger partial charge in [-0.3, -0.25) is 9.59 Å². The van der Waals surface area contributed by atoms with Crippen LogP contribution >= 0.6 is 0 Å². The lowest BCUT2D eigenvalue weighted by Gasteiger charge is -2.32. The van der Waals surface area contributed by atoms with E-state index in [9.17, 15) is 22.8 Å². The third kappa shape index (κ3) is 5.54. The van der Waals surface area contributed by atoms with E-state index in [1.807, 2.05) is 11.9 Å². The Morgan fingerprint density at radius 3 is 2.37 bits per heavy atom. The molecule has 1 N–H and O–H groups in total. The molecule has 0 atom stereocenters. The van der Waals surface area contributed by atoms with Crippen LogP contribution < -0.4 is 5.32 Å². The van der Waals surface area contributed by atoms with Crippen molar-refractivity contribution in [2.45, 2.75) is 19.6 Å². The van der Waals surface area contributed by atoms with Crippen molar-refractivity contribution < 1.29 is 22.8 Å². The minimum absolute atomic E-state index is 0.00804. The highest BCUT2D eigenvalue weighted by molar-refractivity contribution is 5.95. The quantitative estimate of drug-likeness (QED) is 0.601. The molecule has 1 aliphatic rings. The standard InChI is InChI=1S/C25H26F3N5O2/c1-17-22(16-30-33(17)21-5-3-4-20(14-21)25(26,27)28)23(34)29-15-18-6-8-19(9-7-18)24(35)32-12-10-31(2)11-13-32/h3-9,14,16H,10-13,15H2,1-2H3,(H,29,34). The number of rotatable bonds is 5. The number of likely N-dealkylation sites (N-methyl/N-ethyl adjacent to an activating group) is 1. The molecule has 1 saturated heterocycles. The van der Waals surface area contributed by atoms with Crippen molar-refractivity contribution >= 4 is 11.8 Å². The second-order valence-electron chi connectivity index (χ2n) is 8.58. The van der Waals surface area contributed by atoms with E-state index in [0.29, 0.717) is 24.3 Å². The highest BCUT2D eigenvalue weighted by atomic mass is 19.4. The predicted molar refractivity (Wildman–Crippen MR) is 124 cm³/mol. The van der Waals surface area contributed by atoms with Gasteiger partial charge in [-0.05, 0) is 49.9 Å². The first kappa shape index (κ1) is 24.5. The SMILES string of the molecule is Cc1c(C(=O)NCc2ccc(C(=O)N3CCN(C)CC3)cc2)cnn1-c1cccc(C(F)(F)F)c1. The van der Waals surface area contributed by atoms with Crippen LogP contribution in [0.2, 0.25) is 0 Å². The van der Waals surface area contributed by atoms with E-state index in [1.165, 1.54) is 23.0 Å². The number of benzene rings is 2. The Labute approximate surface area is 201 Å². The molecule has 10 heteroatoms. The van der Waals surface area contributed by atoms with Gasteiger partial charge in [0, 0.05) is 38.3 Å². The summed E-state index contributed by atoms with van der Waals surface area (Å²) in [6.45, 7) is 4.94. The molecule has 1 fully saturated rings. The molecule has 0 unspecified atom stereocenters. The number of halogens is 3. The number of carbonyl (C=O) groups is 2. The van der Waals surface area contributed by atoms with Crippen molar-refractivity contribution in [3.8, 4) is 5.69 Å². The third-order valence-electron chi connectivity index (χ3n) is 6.12. The van der Waals surface area contributed by atoms with Crippen LogP contribution in [0.25, 0.3) is 5.69 Å². The highest BCUT2D eigenvalue weighted by Crippen LogP contribution is 2.30. The average molecular weight is 486 g/mol. The normalized spacial score (nSPS) is 14.7. The van der Waals surface area contributed by atoms with Crippen molar-refractivity contribution in [2.75, 3.05) is 33.2 Å². The molecule has 1 aromatic heterocycles. The molecule has 0 radical (unpaired) electrons. The predicted octanol–water partition coefficient (Wildman–Crippen LogP) is 3.52. The maximum atomic E-state index is 13.0. The van der Waals surface area contributed by atoms with Gasteiger partial charge in [-0.2, -0.15) is 18.3 Å². The fraction of sp³-hybridized carbons (Fsp3) is 0.320. The number of nitrogens with zero attached hydrogens (tertiary/aromatic N) is 4. The largest absolute Gasteiger partial charge is 0.416 e. The maximum absolute atomic E-state index is 13.0. The van der Waals surface area contributed by atoms with Crippen LogP contribution in [0.5, 0.6) is 0 Å². The molecular formula is C25H26F3N5O2. The zero-order valence-electron chi connectivity index (χ0n) is 19.5. The fourth-order valence-electron chi connectivity index (χ4n) is 3.94. The lowest BCUT2D eigenvalue weighted by atomic mass is 10.1. The fourth-order valence-corrected chi connectivity index (χ4v) is 3.94. The summed E-state index contributed by atoms with van der Waals surface area (Å²) in [5.74, 6) is -0.398. The molecular weight excluding hydrogens is 459 g/mol. The number of aromatic nitrogens is 2. The lowest BCUT2D eigenvalue weighted by Crippen LogP contribution is -2.47. The van der Waals surface area contributed by atoms with Gasteiger partial charge in [0.2, 0.25) is 0 Å². The number of nitrogens with one attached hydrogen (secondary N) is 1. The third-order valence-corrected chi connectivity index (χ3v) is 6.12. The van der Waals surface area contributed by atoms with Gasteiger partial charge in [-0.25, -0.2) is 4.68 Å². The van der Waals surface area contributed by atoms with E-state index in [0.717, 1.165) is 30.8 Å². The lowest BCUT2D eigenvalue weighted by molar-refractivity contribution is -0.137. The molecule has 0 saturated carbocycles. The van der Waals surface area contributed by atoms with Crippen molar-refractivity contribution in [3.05, 3.63) is 82.7 Å². The first-order valence-electron chi connectivity index (χ1n) is 11.2. The smallest absolute Gasteiger partial charge is 0.348 e. The van der Waals surface area contributed by atoms with E-state index in [4.69, 9.17) is 0 Å². The van der Waals surface area contributed by atoms with Crippen LogP contribution in [0.4, 0.5) is 13.2 Å². The summed E-state index contributed by atoms with van der Waals surface area (Å²) in [5.41, 5.74) is 1.54. The maximum Gasteiger partial charge on any atom is 0.416 e. The van der Waals surface area contributed by atoms with Crippen molar-refractivity contribution in [2.24, 2.45) is 0 Å². The summed E-state index contributed by atoms with van der Waals surface area (Å²) in [6, 6.07) is 11.9. The molecule has 1 aliphatic heterocycles. The minimum atomic E-state index is -4.47. The number of amides is 2. The van der Waals surface area contributed by atoms with Crippen LogP contribution in [0.15, 0.2) is 54.7 Å². The molecule has 4 rings (SSSR count). The van der Waals surface area contributed by atoms with Gasteiger partial charge >= 0.3 is 6.18 Å². The molecule has 0 bridgehead atoms. The zero-order chi connectivity index (χ0) is 25.2. The van der Waals surface area contributed by atoms with Crippen molar-refractivity contribution in [3.63, 3.8) is 0 Å². The second-order valence-corrected chi connectivity index (χ2v) is 8.58. The topological polar surface area (TPSA) is 70.5 Å². The first-order chi connectivity index (χ1) is 16.6. The summed E-state index contributed by atoms with van der Waals surface area (Å²) in [4.78, 5) is 29.4. The van der Waals surface area contributed by atoms with E-state index < -0.39 is 17.6 Å². The monoisotopic (exact) mass is 485 g/mol. The van der Waals surface area contributed by atoms with Gasteiger partial charge in [0.25, 0.3) is 11.8 Å².